The van der Waals surface area contributed by atoms with Gasteiger partial charge >= 0.3 is 37.9 Å². The molecule has 0 heterocycles. The zero-order valence-electron chi connectivity index (χ0n) is 16.9. The summed E-state index contributed by atoms with van der Waals surface area (Å²) in [4.78, 5) is 63.8. The number of esters is 2. The molecule has 170 valence electrons. The van der Waals surface area contributed by atoms with Gasteiger partial charge in [0.1, 0.15) is 12.8 Å². The Labute approximate surface area is 168 Å². The zero-order valence-corrected chi connectivity index (χ0v) is 17.8. The molecule has 0 aliphatic heterocycles. The van der Waals surface area contributed by atoms with Crippen molar-refractivity contribution in [2.24, 2.45) is 11.7 Å². The quantitative estimate of drug-likeness (QED) is 0.212. The van der Waals surface area contributed by atoms with E-state index in [-0.39, 0.29) is 11.5 Å². The van der Waals surface area contributed by atoms with E-state index in [0.717, 1.165) is 0 Å². The fourth-order valence-electron chi connectivity index (χ4n) is 1.30. The summed E-state index contributed by atoms with van der Waals surface area (Å²) in [6.45, 7) is 6.96. The lowest BCUT2D eigenvalue weighted by atomic mass is 10.2. The predicted octanol–water partition coefficient (Wildman–Crippen LogP) is 0.0867. The summed E-state index contributed by atoms with van der Waals surface area (Å²) >= 11 is 0. The minimum absolute atomic E-state index is 0.132. The summed E-state index contributed by atoms with van der Waals surface area (Å²) in [5.74, 6) is -4.42. The minimum Gasteiger partial charge on any atom is -0.480 e. The Hall–Kier alpha value is -2.21. The average Bonchev–Trinajstić information content (AvgIpc) is 2.51. The average molecular weight is 444 g/mol. The Bertz CT molecular complexity index is 600. The van der Waals surface area contributed by atoms with E-state index in [1.54, 1.807) is 0 Å². The number of hydrogen-bond acceptors (Lipinski definition) is 9. The van der Waals surface area contributed by atoms with Gasteiger partial charge in [0.25, 0.3) is 0 Å². The van der Waals surface area contributed by atoms with Gasteiger partial charge in [-0.2, -0.15) is 0 Å². The van der Waals surface area contributed by atoms with Crippen LogP contribution in [-0.2, 0) is 33.2 Å². The summed E-state index contributed by atoms with van der Waals surface area (Å²) in [6.07, 6.45) is -5.00. The number of carboxylic acids is 1. The van der Waals surface area contributed by atoms with Crippen molar-refractivity contribution in [2.75, 3.05) is 19.4 Å². The topological polar surface area (TPSA) is 203 Å². The lowest BCUT2D eigenvalue weighted by Crippen LogP contribution is -2.42. The fourth-order valence-corrected chi connectivity index (χ4v) is 1.96. The molecule has 0 bridgehead atoms. The van der Waals surface area contributed by atoms with Crippen molar-refractivity contribution in [1.82, 2.24) is 4.90 Å². The Kier molecular flexibility index (Phi) is 13.9. The molecule has 0 spiro atoms. The van der Waals surface area contributed by atoms with Crippen molar-refractivity contribution in [3.05, 3.63) is 0 Å². The second-order valence-corrected chi connectivity index (χ2v) is 7.81. The first kappa shape index (κ1) is 29.0. The van der Waals surface area contributed by atoms with E-state index in [2.05, 4.69) is 14.2 Å². The number of hydrogen-bond donors (Lipinski definition) is 4. The molecule has 0 aromatic carbocycles. The van der Waals surface area contributed by atoms with Gasteiger partial charge in [0.15, 0.2) is 0 Å². The second kappa shape index (κ2) is 13.9. The number of nitrogens with two attached hydrogens (primary N) is 1. The van der Waals surface area contributed by atoms with Crippen molar-refractivity contribution >= 4 is 31.6 Å². The van der Waals surface area contributed by atoms with Gasteiger partial charge in [-0.15, -0.1) is 0 Å². The second-order valence-electron chi connectivity index (χ2n) is 6.20. The molecular weight excluding hydrogens is 415 g/mol. The van der Waals surface area contributed by atoms with Crippen LogP contribution >= 0.6 is 7.60 Å². The van der Waals surface area contributed by atoms with Crippen LogP contribution in [0.4, 0.5) is 4.79 Å². The smallest absolute Gasteiger partial charge is 0.414 e. The number of aliphatic carboxylic acids is 1. The summed E-state index contributed by atoms with van der Waals surface area (Å²) < 4.78 is 24.8. The monoisotopic (exact) mass is 444 g/mol. The number of carbonyl (C=O) groups excluding carboxylic acids is 3. The molecule has 0 aromatic heterocycles. The van der Waals surface area contributed by atoms with Gasteiger partial charge in [0.05, 0.1) is 12.5 Å². The third kappa shape index (κ3) is 16.4. The Balaban J connectivity index is 0. The van der Waals surface area contributed by atoms with Gasteiger partial charge < -0.3 is 34.8 Å². The van der Waals surface area contributed by atoms with Crippen molar-refractivity contribution in [2.45, 2.75) is 47.0 Å². The lowest BCUT2D eigenvalue weighted by Gasteiger charge is -2.23. The van der Waals surface area contributed by atoms with Gasteiger partial charge in [0.2, 0.25) is 0 Å². The van der Waals surface area contributed by atoms with Crippen molar-refractivity contribution in [3.8, 4) is 0 Å². The summed E-state index contributed by atoms with van der Waals surface area (Å²) in [5.41, 5.74) is 5.11. The maximum absolute atomic E-state index is 11.9. The highest BCUT2D eigenvalue weighted by Crippen LogP contribution is 2.35. The highest BCUT2D eigenvalue weighted by Gasteiger charge is 2.34. The van der Waals surface area contributed by atoms with Crippen LogP contribution in [0.5, 0.6) is 0 Å². The number of carbonyl (C=O) groups is 4. The summed E-state index contributed by atoms with van der Waals surface area (Å²) in [6, 6.07) is 0.333. The largest absolute Gasteiger partial charge is 0.480 e. The standard InChI is InChI=1S/C12H20NO11P.C3H9N/c1-4-22-10(17)11(23-9(16)7(2)3)24-12(18)13(5-8(14)15)6-25(19,20)21;1-3(2)4/h7,11H,4-6H2,1-3H3,(H,14,15)(H2,19,20,21);3H,4H2,1-2H3. The molecule has 0 saturated carbocycles. The Morgan fingerprint density at radius 2 is 1.52 bits per heavy atom. The van der Waals surface area contributed by atoms with Crippen LogP contribution in [0.15, 0.2) is 0 Å². The van der Waals surface area contributed by atoms with Crippen molar-refractivity contribution in [3.63, 3.8) is 0 Å². The first-order valence-corrected chi connectivity index (χ1v) is 10.2. The van der Waals surface area contributed by atoms with Gasteiger partial charge in [-0.1, -0.05) is 27.7 Å². The SMILES string of the molecule is CC(C)N.CCOC(=O)C(OC(=O)C(C)C)OC(=O)N(CC(=O)O)CP(=O)(O)O. The molecule has 1 unspecified atom stereocenters. The van der Waals surface area contributed by atoms with E-state index >= 15 is 0 Å². The van der Waals surface area contributed by atoms with Gasteiger partial charge in [-0.25, -0.2) is 9.59 Å². The van der Waals surface area contributed by atoms with Gasteiger partial charge in [0, 0.05) is 0 Å². The van der Waals surface area contributed by atoms with E-state index in [9.17, 15) is 23.7 Å². The Morgan fingerprint density at radius 3 is 1.86 bits per heavy atom. The van der Waals surface area contributed by atoms with Crippen LogP contribution in [0.25, 0.3) is 0 Å². The molecule has 0 rings (SSSR count). The summed E-state index contributed by atoms with van der Waals surface area (Å²) in [5, 5.41) is 8.70. The third-order valence-electron chi connectivity index (χ3n) is 2.32. The molecule has 0 saturated heterocycles. The van der Waals surface area contributed by atoms with Gasteiger partial charge in [-0.3, -0.25) is 19.1 Å². The van der Waals surface area contributed by atoms with Crippen molar-refractivity contribution in [1.29, 1.82) is 0 Å². The van der Waals surface area contributed by atoms with Crippen LogP contribution in [-0.4, -0.2) is 75.6 Å². The normalized spacial score (nSPS) is 11.8. The highest BCUT2D eigenvalue weighted by molar-refractivity contribution is 7.51. The van der Waals surface area contributed by atoms with Crippen LogP contribution in [0.3, 0.4) is 0 Å². The maximum Gasteiger partial charge on any atom is 0.414 e. The minimum atomic E-state index is -4.82. The van der Waals surface area contributed by atoms with E-state index < -0.39 is 56.6 Å². The maximum atomic E-state index is 11.9. The predicted molar refractivity (Wildman–Crippen MR) is 98.4 cm³/mol. The number of carboxylic acid groups (broad SMARTS) is 1. The molecule has 0 radical (unpaired) electrons. The molecule has 29 heavy (non-hydrogen) atoms. The van der Waals surface area contributed by atoms with Crippen LogP contribution in [0, 0.1) is 5.92 Å². The van der Waals surface area contributed by atoms with E-state index in [1.807, 2.05) is 13.8 Å². The van der Waals surface area contributed by atoms with Crippen LogP contribution in [0.1, 0.15) is 34.6 Å². The third-order valence-corrected chi connectivity index (χ3v) is 3.03. The molecule has 5 N–H and O–H groups in total. The molecule has 0 aliphatic rings. The molecule has 13 nitrogen and oxygen atoms in total. The first-order chi connectivity index (χ1) is 13.1. The van der Waals surface area contributed by atoms with E-state index in [1.165, 1.54) is 20.8 Å². The molecule has 14 heteroatoms. The molecule has 0 aromatic rings. The number of amides is 1. The van der Waals surface area contributed by atoms with E-state index in [4.69, 9.17) is 20.6 Å². The van der Waals surface area contributed by atoms with Crippen molar-refractivity contribution < 1.29 is 52.8 Å². The number of ether oxygens (including phenoxy) is 3. The van der Waals surface area contributed by atoms with Crippen LogP contribution in [0.2, 0.25) is 0 Å². The van der Waals surface area contributed by atoms with Gasteiger partial charge in [-0.05, 0) is 13.0 Å². The zero-order chi connectivity index (χ0) is 23.4. The molecule has 1 amide bonds. The summed E-state index contributed by atoms with van der Waals surface area (Å²) in [7, 11) is -4.82. The molecule has 0 fully saturated rings. The highest BCUT2D eigenvalue weighted by atomic mass is 31.2. The van der Waals surface area contributed by atoms with E-state index in [0.29, 0.717) is 6.04 Å². The molecular formula is C15H29N2O11P. The number of rotatable bonds is 9. The molecule has 0 aliphatic carbocycles. The first-order valence-electron chi connectivity index (χ1n) is 8.45. The fraction of sp³-hybridized carbons (Fsp3) is 0.733. The molecule has 1 atom stereocenters. The van der Waals surface area contributed by atoms with Crippen LogP contribution < -0.4 is 5.73 Å². The Morgan fingerprint density at radius 1 is 1.03 bits per heavy atom. The lowest BCUT2D eigenvalue weighted by molar-refractivity contribution is -0.194. The number of nitrogens with zero attached hydrogens (tertiary/aromatic N) is 1.